The summed E-state index contributed by atoms with van der Waals surface area (Å²) in [5, 5.41) is 4.01. The van der Waals surface area contributed by atoms with Crippen LogP contribution in [-0.2, 0) is 13.0 Å². The summed E-state index contributed by atoms with van der Waals surface area (Å²) in [5.41, 5.74) is 2.61. The molecule has 2 aromatic heterocycles. The summed E-state index contributed by atoms with van der Waals surface area (Å²) in [6.07, 6.45) is 3.76. The first kappa shape index (κ1) is 19.6. The number of rotatable bonds is 7. The maximum atomic E-state index is 12.5. The summed E-state index contributed by atoms with van der Waals surface area (Å²) >= 11 is 0. The molecule has 3 heterocycles. The largest absolute Gasteiger partial charge is 0.489 e. The highest BCUT2D eigenvalue weighted by atomic mass is 16.5. The van der Waals surface area contributed by atoms with Crippen molar-refractivity contribution in [3.8, 4) is 17.1 Å². The number of hydrogen-bond acceptors (Lipinski definition) is 7. The van der Waals surface area contributed by atoms with Crippen LogP contribution < -0.4 is 4.74 Å². The van der Waals surface area contributed by atoms with Crippen molar-refractivity contribution in [2.45, 2.75) is 13.0 Å². The molecule has 5 rings (SSSR count). The normalized spacial score (nSPS) is 12.8. The SMILES string of the molecule is O=C1c2ccccc2C(=O)N1CCc1nc(-c2ccc(OCc3cccnc3)cc2)no1. The fourth-order valence-electron chi connectivity index (χ4n) is 3.47. The Balaban J connectivity index is 1.20. The Morgan fingerprint density at radius 3 is 2.34 bits per heavy atom. The molecule has 0 spiro atoms. The van der Waals surface area contributed by atoms with Gasteiger partial charge < -0.3 is 9.26 Å². The molecule has 32 heavy (non-hydrogen) atoms. The molecule has 8 heteroatoms. The number of aromatic nitrogens is 3. The third kappa shape index (κ3) is 3.85. The smallest absolute Gasteiger partial charge is 0.261 e. The maximum Gasteiger partial charge on any atom is 0.261 e. The molecule has 1 aliphatic rings. The van der Waals surface area contributed by atoms with Crippen LogP contribution in [0.3, 0.4) is 0 Å². The van der Waals surface area contributed by atoms with Gasteiger partial charge in [0.05, 0.1) is 11.1 Å². The molecule has 0 saturated carbocycles. The molecule has 1 aliphatic heterocycles. The maximum absolute atomic E-state index is 12.5. The Kier molecular flexibility index (Phi) is 5.17. The van der Waals surface area contributed by atoms with Gasteiger partial charge in [0.2, 0.25) is 11.7 Å². The molecular formula is C24H18N4O4. The highest BCUT2D eigenvalue weighted by Crippen LogP contribution is 2.24. The summed E-state index contributed by atoms with van der Waals surface area (Å²) in [7, 11) is 0. The first-order valence-electron chi connectivity index (χ1n) is 10.1. The fourth-order valence-corrected chi connectivity index (χ4v) is 3.47. The van der Waals surface area contributed by atoms with Crippen LogP contribution in [-0.4, -0.2) is 38.4 Å². The van der Waals surface area contributed by atoms with E-state index in [1.165, 1.54) is 4.90 Å². The highest BCUT2D eigenvalue weighted by Gasteiger charge is 2.34. The zero-order valence-electron chi connectivity index (χ0n) is 17.0. The van der Waals surface area contributed by atoms with Crippen molar-refractivity contribution in [1.29, 1.82) is 0 Å². The summed E-state index contributed by atoms with van der Waals surface area (Å²) < 4.78 is 11.1. The number of hydrogen-bond donors (Lipinski definition) is 0. The number of amides is 2. The molecule has 0 aliphatic carbocycles. The van der Waals surface area contributed by atoms with Crippen molar-refractivity contribution in [3.05, 3.63) is 95.6 Å². The molecule has 0 saturated heterocycles. The molecule has 0 radical (unpaired) electrons. The van der Waals surface area contributed by atoms with Gasteiger partial charge in [-0.2, -0.15) is 4.98 Å². The number of fused-ring (bicyclic) bond motifs is 1. The van der Waals surface area contributed by atoms with Crippen LogP contribution in [0.1, 0.15) is 32.2 Å². The van der Waals surface area contributed by atoms with Gasteiger partial charge in [-0.1, -0.05) is 23.4 Å². The number of benzene rings is 2. The number of imide groups is 1. The minimum absolute atomic E-state index is 0.176. The monoisotopic (exact) mass is 426 g/mol. The van der Waals surface area contributed by atoms with Gasteiger partial charge in [0.1, 0.15) is 12.4 Å². The number of pyridine rings is 1. The average Bonchev–Trinajstić information content (AvgIpc) is 3.41. The van der Waals surface area contributed by atoms with E-state index in [0.29, 0.717) is 35.2 Å². The van der Waals surface area contributed by atoms with Crippen LogP contribution in [0.5, 0.6) is 5.75 Å². The van der Waals surface area contributed by atoms with Crippen LogP contribution in [0.4, 0.5) is 0 Å². The van der Waals surface area contributed by atoms with E-state index in [2.05, 4.69) is 15.1 Å². The second kappa shape index (κ2) is 8.43. The van der Waals surface area contributed by atoms with Gasteiger partial charge in [0, 0.05) is 36.5 Å². The van der Waals surface area contributed by atoms with Gasteiger partial charge >= 0.3 is 0 Å². The molecule has 0 unspecified atom stereocenters. The number of carbonyl (C=O) groups is 2. The zero-order valence-corrected chi connectivity index (χ0v) is 17.0. The van der Waals surface area contributed by atoms with Gasteiger partial charge in [-0.15, -0.1) is 0 Å². The number of nitrogens with zero attached hydrogens (tertiary/aromatic N) is 4. The van der Waals surface area contributed by atoms with Crippen molar-refractivity contribution in [2.75, 3.05) is 6.54 Å². The Labute approximate surface area is 183 Å². The number of carbonyl (C=O) groups excluding carboxylic acids is 2. The van der Waals surface area contributed by atoms with Crippen molar-refractivity contribution < 1.29 is 18.8 Å². The lowest BCUT2D eigenvalue weighted by atomic mass is 10.1. The van der Waals surface area contributed by atoms with Gasteiger partial charge in [0.15, 0.2) is 0 Å². The second-order valence-electron chi connectivity index (χ2n) is 7.24. The minimum Gasteiger partial charge on any atom is -0.489 e. The van der Waals surface area contributed by atoms with Crippen molar-refractivity contribution in [2.24, 2.45) is 0 Å². The highest BCUT2D eigenvalue weighted by molar-refractivity contribution is 6.21. The van der Waals surface area contributed by atoms with Crippen LogP contribution >= 0.6 is 0 Å². The second-order valence-corrected chi connectivity index (χ2v) is 7.24. The first-order valence-corrected chi connectivity index (χ1v) is 10.1. The first-order chi connectivity index (χ1) is 15.7. The summed E-state index contributed by atoms with van der Waals surface area (Å²) in [6, 6.07) is 18.0. The molecule has 158 valence electrons. The predicted octanol–water partition coefficient (Wildman–Crippen LogP) is 3.55. The molecule has 0 bridgehead atoms. The van der Waals surface area contributed by atoms with Gasteiger partial charge in [-0.25, -0.2) is 0 Å². The van der Waals surface area contributed by atoms with E-state index in [0.717, 1.165) is 11.1 Å². The Hall–Kier alpha value is -4.33. The van der Waals surface area contributed by atoms with Gasteiger partial charge in [-0.3, -0.25) is 19.5 Å². The van der Waals surface area contributed by atoms with E-state index in [1.807, 2.05) is 36.4 Å². The van der Waals surface area contributed by atoms with E-state index in [9.17, 15) is 9.59 Å². The van der Waals surface area contributed by atoms with Crippen LogP contribution in [0.15, 0.2) is 77.6 Å². The van der Waals surface area contributed by atoms with E-state index < -0.39 is 0 Å². The Morgan fingerprint density at radius 1 is 0.906 bits per heavy atom. The number of ether oxygens (including phenoxy) is 1. The van der Waals surface area contributed by atoms with Gasteiger partial charge in [0.25, 0.3) is 11.8 Å². The van der Waals surface area contributed by atoms with Crippen molar-refractivity contribution in [3.63, 3.8) is 0 Å². The molecule has 2 aromatic carbocycles. The van der Waals surface area contributed by atoms with Crippen molar-refractivity contribution >= 4 is 11.8 Å². The molecule has 0 atom stereocenters. The lowest BCUT2D eigenvalue weighted by Gasteiger charge is -2.11. The molecular weight excluding hydrogens is 408 g/mol. The topological polar surface area (TPSA) is 98.4 Å². The van der Waals surface area contributed by atoms with Gasteiger partial charge in [-0.05, 0) is 42.5 Å². The predicted molar refractivity (Wildman–Crippen MR) is 114 cm³/mol. The lowest BCUT2D eigenvalue weighted by Crippen LogP contribution is -2.31. The zero-order chi connectivity index (χ0) is 21.9. The van der Waals surface area contributed by atoms with Crippen molar-refractivity contribution in [1.82, 2.24) is 20.0 Å². The average molecular weight is 426 g/mol. The summed E-state index contributed by atoms with van der Waals surface area (Å²) in [5.74, 6) is 0.904. The molecule has 2 amide bonds. The summed E-state index contributed by atoms with van der Waals surface area (Å²) in [6.45, 7) is 0.604. The summed E-state index contributed by atoms with van der Waals surface area (Å²) in [4.78, 5) is 34.6. The molecule has 0 N–H and O–H groups in total. The van der Waals surface area contributed by atoms with E-state index in [-0.39, 0.29) is 24.8 Å². The van der Waals surface area contributed by atoms with Crippen LogP contribution in [0, 0.1) is 0 Å². The third-order valence-electron chi connectivity index (χ3n) is 5.14. The standard InChI is InChI=1S/C24H18N4O4/c29-23-19-5-1-2-6-20(19)24(30)28(23)13-11-21-26-22(27-32-21)17-7-9-18(10-8-17)31-15-16-4-3-12-25-14-16/h1-10,12,14H,11,13,15H2. The van der Waals surface area contributed by atoms with E-state index in [1.54, 1.807) is 36.7 Å². The third-order valence-corrected chi connectivity index (χ3v) is 5.14. The molecule has 4 aromatic rings. The van der Waals surface area contributed by atoms with Crippen LogP contribution in [0.25, 0.3) is 11.4 Å². The lowest BCUT2D eigenvalue weighted by molar-refractivity contribution is 0.0653. The molecule has 8 nitrogen and oxygen atoms in total. The minimum atomic E-state index is -0.299. The molecule has 0 fully saturated rings. The van der Waals surface area contributed by atoms with E-state index >= 15 is 0 Å². The fraction of sp³-hybridized carbons (Fsp3) is 0.125. The van der Waals surface area contributed by atoms with Crippen LogP contribution in [0.2, 0.25) is 0 Å². The quantitative estimate of drug-likeness (QED) is 0.417. The Morgan fingerprint density at radius 2 is 1.66 bits per heavy atom. The van der Waals surface area contributed by atoms with E-state index in [4.69, 9.17) is 9.26 Å². The Bertz CT molecular complexity index is 1230.